The first kappa shape index (κ1) is 30.5. The molecule has 1 aliphatic rings. The Hall–Kier alpha value is -6.52. The minimum Gasteiger partial charge on any atom is -0.256 e. The first-order chi connectivity index (χ1) is 25.0. The van der Waals surface area contributed by atoms with Gasteiger partial charge in [-0.05, 0) is 142 Å². The fraction of sp³-hybridized carbons (Fsp3) is 0.0638. The Morgan fingerprint density at radius 2 is 0.627 bits per heavy atom. The zero-order chi connectivity index (χ0) is 34.4. The lowest BCUT2D eigenvalue weighted by molar-refractivity contribution is 0.660. The van der Waals surface area contributed by atoms with E-state index in [1.54, 1.807) is 0 Å². The lowest BCUT2D eigenvalue weighted by Gasteiger charge is -2.22. The van der Waals surface area contributed by atoms with E-state index in [4.69, 9.17) is 0 Å². The number of hydrogen-bond donors (Lipinski definition) is 0. The minimum atomic E-state index is -0.133. The van der Waals surface area contributed by atoms with Crippen molar-refractivity contribution in [2.45, 2.75) is 19.3 Å². The fourth-order valence-corrected chi connectivity index (χ4v) is 7.44. The molecule has 0 saturated heterocycles. The summed E-state index contributed by atoms with van der Waals surface area (Å²) in [4.78, 5) is 18.7. The molecule has 0 fully saturated rings. The van der Waals surface area contributed by atoms with E-state index in [0.717, 1.165) is 67.3 Å². The second-order valence-corrected chi connectivity index (χ2v) is 13.6. The van der Waals surface area contributed by atoms with Crippen molar-refractivity contribution in [3.05, 3.63) is 182 Å². The van der Waals surface area contributed by atoms with Crippen LogP contribution in [0.15, 0.2) is 170 Å². The lowest BCUT2D eigenvalue weighted by atomic mass is 9.81. The highest BCUT2D eigenvalue weighted by Crippen LogP contribution is 2.51. The number of aromatic nitrogens is 4. The van der Waals surface area contributed by atoms with Crippen molar-refractivity contribution >= 4 is 0 Å². The van der Waals surface area contributed by atoms with E-state index in [9.17, 15) is 0 Å². The molecule has 0 atom stereocenters. The van der Waals surface area contributed by atoms with Gasteiger partial charge in [-0.2, -0.15) is 0 Å². The summed E-state index contributed by atoms with van der Waals surface area (Å²) in [6.45, 7) is 4.66. The number of pyridine rings is 4. The average molecular weight is 655 g/mol. The van der Waals surface area contributed by atoms with Crippen molar-refractivity contribution in [2.75, 3.05) is 0 Å². The van der Waals surface area contributed by atoms with Gasteiger partial charge in [0.1, 0.15) is 0 Å². The highest BCUT2D eigenvalue weighted by atomic mass is 14.7. The van der Waals surface area contributed by atoms with Crippen LogP contribution in [-0.2, 0) is 5.41 Å². The molecule has 0 spiro atoms. The number of hydrogen-bond acceptors (Lipinski definition) is 4. The molecule has 242 valence electrons. The Bertz CT molecular complexity index is 2230. The van der Waals surface area contributed by atoms with Gasteiger partial charge in [0.2, 0.25) is 0 Å². The molecule has 51 heavy (non-hydrogen) atoms. The Labute approximate surface area is 298 Å². The minimum absolute atomic E-state index is 0.133. The third-order valence-corrected chi connectivity index (χ3v) is 10.1. The van der Waals surface area contributed by atoms with Crippen LogP contribution in [0.2, 0.25) is 0 Å². The molecule has 0 unspecified atom stereocenters. The standard InChI is InChI=1S/C47H34N4/c1-47(2)41-17-15-31(33-23-35(43-11-3-7-19-48-43)27-36(24-33)44-12-4-8-20-49-44)29-39(41)40-30-32(16-18-42(40)47)34-25-37(45-13-5-9-21-50-45)28-38(26-34)46-14-6-10-22-51-46/h3-30H,1-2H3. The maximum absolute atomic E-state index is 4.69. The van der Waals surface area contributed by atoms with Gasteiger partial charge in [0.25, 0.3) is 0 Å². The maximum atomic E-state index is 4.69. The molecular formula is C47H34N4. The third-order valence-electron chi connectivity index (χ3n) is 10.1. The summed E-state index contributed by atoms with van der Waals surface area (Å²) in [5.41, 5.74) is 17.7. The topological polar surface area (TPSA) is 51.6 Å². The van der Waals surface area contributed by atoms with Crippen molar-refractivity contribution in [1.82, 2.24) is 19.9 Å². The molecule has 0 amide bonds. The highest BCUT2D eigenvalue weighted by molar-refractivity contribution is 5.89. The second kappa shape index (κ2) is 12.4. The third kappa shape index (κ3) is 5.61. The molecule has 4 heteroatoms. The second-order valence-electron chi connectivity index (χ2n) is 13.6. The molecule has 4 heterocycles. The van der Waals surface area contributed by atoms with Crippen molar-refractivity contribution in [2.24, 2.45) is 0 Å². The Morgan fingerprint density at radius 1 is 0.314 bits per heavy atom. The smallest absolute Gasteiger partial charge is 0.0702 e. The van der Waals surface area contributed by atoms with Crippen LogP contribution >= 0.6 is 0 Å². The number of benzene rings is 4. The van der Waals surface area contributed by atoms with E-state index in [1.165, 1.54) is 22.3 Å². The summed E-state index contributed by atoms with van der Waals surface area (Å²) in [6, 6.07) is 51.5. The first-order valence-electron chi connectivity index (χ1n) is 17.3. The Kier molecular flexibility index (Phi) is 7.44. The van der Waals surface area contributed by atoms with Crippen LogP contribution in [0.25, 0.3) is 78.4 Å². The van der Waals surface area contributed by atoms with Gasteiger partial charge in [0.15, 0.2) is 0 Å². The predicted molar refractivity (Wildman–Crippen MR) is 208 cm³/mol. The molecule has 4 aromatic carbocycles. The van der Waals surface area contributed by atoms with Crippen molar-refractivity contribution in [3.63, 3.8) is 0 Å². The lowest BCUT2D eigenvalue weighted by Crippen LogP contribution is -2.14. The number of rotatable bonds is 6. The molecule has 0 saturated carbocycles. The molecule has 4 nitrogen and oxygen atoms in total. The number of fused-ring (bicyclic) bond motifs is 3. The molecule has 0 aliphatic heterocycles. The van der Waals surface area contributed by atoms with Gasteiger partial charge in [-0.1, -0.05) is 62.4 Å². The Morgan fingerprint density at radius 3 is 0.922 bits per heavy atom. The number of nitrogens with zero attached hydrogens (tertiary/aromatic N) is 4. The van der Waals surface area contributed by atoms with E-state index in [2.05, 4.69) is 131 Å². The fourth-order valence-electron chi connectivity index (χ4n) is 7.44. The predicted octanol–water partition coefficient (Wildman–Crippen LogP) is 11.6. The summed E-state index contributed by atoms with van der Waals surface area (Å²) < 4.78 is 0. The first-order valence-corrected chi connectivity index (χ1v) is 17.3. The van der Waals surface area contributed by atoms with E-state index >= 15 is 0 Å². The zero-order valence-electron chi connectivity index (χ0n) is 28.5. The normalized spacial score (nSPS) is 12.7. The summed E-state index contributed by atoms with van der Waals surface area (Å²) >= 11 is 0. The van der Waals surface area contributed by atoms with E-state index in [-0.39, 0.29) is 5.41 Å². The van der Waals surface area contributed by atoms with Gasteiger partial charge >= 0.3 is 0 Å². The van der Waals surface area contributed by atoms with E-state index in [0.29, 0.717) is 0 Å². The summed E-state index contributed by atoms with van der Waals surface area (Å²) in [6.07, 6.45) is 7.39. The van der Waals surface area contributed by atoms with Gasteiger partial charge in [-0.15, -0.1) is 0 Å². The van der Waals surface area contributed by atoms with E-state index < -0.39 is 0 Å². The molecule has 9 rings (SSSR count). The van der Waals surface area contributed by atoms with Crippen molar-refractivity contribution in [3.8, 4) is 78.4 Å². The quantitative estimate of drug-likeness (QED) is 0.179. The van der Waals surface area contributed by atoms with Crippen molar-refractivity contribution in [1.29, 1.82) is 0 Å². The van der Waals surface area contributed by atoms with E-state index in [1.807, 2.05) is 73.3 Å². The highest BCUT2D eigenvalue weighted by Gasteiger charge is 2.35. The molecule has 0 bridgehead atoms. The molecular weight excluding hydrogens is 621 g/mol. The molecule has 1 aliphatic carbocycles. The van der Waals surface area contributed by atoms with Gasteiger partial charge in [-0.3, -0.25) is 19.9 Å². The maximum Gasteiger partial charge on any atom is 0.0702 e. The monoisotopic (exact) mass is 654 g/mol. The largest absolute Gasteiger partial charge is 0.256 e. The van der Waals surface area contributed by atoms with Gasteiger partial charge in [0.05, 0.1) is 22.8 Å². The van der Waals surface area contributed by atoms with Crippen LogP contribution in [-0.4, -0.2) is 19.9 Å². The van der Waals surface area contributed by atoms with Crippen LogP contribution in [0.3, 0.4) is 0 Å². The molecule has 0 N–H and O–H groups in total. The summed E-state index contributed by atoms with van der Waals surface area (Å²) in [7, 11) is 0. The van der Waals surface area contributed by atoms with Crippen LogP contribution < -0.4 is 0 Å². The van der Waals surface area contributed by atoms with Crippen LogP contribution in [0, 0.1) is 0 Å². The molecule has 4 aromatic heterocycles. The van der Waals surface area contributed by atoms with Gasteiger partial charge < -0.3 is 0 Å². The summed E-state index contributed by atoms with van der Waals surface area (Å²) in [5.74, 6) is 0. The van der Waals surface area contributed by atoms with Crippen molar-refractivity contribution < 1.29 is 0 Å². The van der Waals surface area contributed by atoms with Crippen LogP contribution in [0.1, 0.15) is 25.0 Å². The van der Waals surface area contributed by atoms with Gasteiger partial charge in [0, 0.05) is 52.5 Å². The zero-order valence-corrected chi connectivity index (χ0v) is 28.5. The molecule has 8 aromatic rings. The van der Waals surface area contributed by atoms with Crippen LogP contribution in [0.4, 0.5) is 0 Å². The Balaban J connectivity index is 1.19. The summed E-state index contributed by atoms with van der Waals surface area (Å²) in [5, 5.41) is 0. The molecule has 0 radical (unpaired) electrons. The van der Waals surface area contributed by atoms with Gasteiger partial charge in [-0.25, -0.2) is 0 Å². The van der Waals surface area contributed by atoms with Crippen LogP contribution in [0.5, 0.6) is 0 Å². The average Bonchev–Trinajstić information content (AvgIpc) is 3.43. The SMILES string of the molecule is CC1(C)c2ccc(-c3cc(-c4ccccn4)cc(-c4ccccn4)c3)cc2-c2cc(-c3cc(-c4ccccn4)cc(-c4ccccn4)c3)ccc21.